The van der Waals surface area contributed by atoms with E-state index in [0.717, 1.165) is 40.7 Å². The minimum atomic E-state index is 0.196. The molecule has 0 radical (unpaired) electrons. The lowest BCUT2D eigenvalue weighted by molar-refractivity contribution is 1.14. The molecule has 3 rings (SSSR count). The molecule has 1 aliphatic rings. The van der Waals surface area contributed by atoms with E-state index in [9.17, 15) is 10.5 Å². The van der Waals surface area contributed by atoms with Crippen molar-refractivity contribution in [2.45, 2.75) is 26.7 Å². The lowest BCUT2D eigenvalue weighted by Gasteiger charge is -2.05. The number of aryl methyl sites for hydroxylation is 2. The van der Waals surface area contributed by atoms with Gasteiger partial charge in [-0.1, -0.05) is 50.2 Å². The van der Waals surface area contributed by atoms with Gasteiger partial charge < -0.3 is 0 Å². The molecule has 0 fully saturated rings. The highest BCUT2D eigenvalue weighted by atomic mass is 14.3. The molecule has 22 heavy (non-hydrogen) atoms. The van der Waals surface area contributed by atoms with Gasteiger partial charge in [0.2, 0.25) is 0 Å². The zero-order chi connectivity index (χ0) is 15.7. The molecule has 0 spiro atoms. The standard InChI is InChI=1S/C20H16N2/c1-3-13-5-7-16-17-8-6-14(4-2)10-19(17)20(18(16)9-13)15(11-21)12-22/h5-10H,3-4H2,1-2H3. The third kappa shape index (κ3) is 2.01. The zero-order valence-electron chi connectivity index (χ0n) is 12.8. The molecule has 2 nitrogen and oxygen atoms in total. The van der Waals surface area contributed by atoms with Crippen molar-refractivity contribution in [2.24, 2.45) is 0 Å². The number of allylic oxidation sites excluding steroid dienone is 1. The van der Waals surface area contributed by atoms with Crippen LogP contribution in [0.25, 0.3) is 16.7 Å². The van der Waals surface area contributed by atoms with Crippen molar-refractivity contribution in [3.05, 3.63) is 64.2 Å². The van der Waals surface area contributed by atoms with Gasteiger partial charge in [0.1, 0.15) is 17.7 Å². The molecule has 0 bridgehead atoms. The monoisotopic (exact) mass is 284 g/mol. The fourth-order valence-corrected chi connectivity index (χ4v) is 3.06. The minimum absolute atomic E-state index is 0.196. The fraction of sp³-hybridized carbons (Fsp3) is 0.200. The number of fused-ring (bicyclic) bond motifs is 3. The first-order valence-electron chi connectivity index (χ1n) is 7.54. The summed E-state index contributed by atoms with van der Waals surface area (Å²) >= 11 is 0. The largest absolute Gasteiger partial charge is 0.192 e. The van der Waals surface area contributed by atoms with Gasteiger partial charge in [-0.15, -0.1) is 0 Å². The summed E-state index contributed by atoms with van der Waals surface area (Å²) in [5.41, 5.74) is 7.69. The lowest BCUT2D eigenvalue weighted by atomic mass is 9.96. The number of hydrogen-bond acceptors (Lipinski definition) is 2. The second kappa shape index (κ2) is 5.51. The molecule has 1 aliphatic carbocycles. The maximum atomic E-state index is 9.36. The fourth-order valence-electron chi connectivity index (χ4n) is 3.06. The van der Waals surface area contributed by atoms with Crippen molar-refractivity contribution in [3.8, 4) is 23.3 Å². The van der Waals surface area contributed by atoms with E-state index in [1.165, 1.54) is 11.1 Å². The SMILES string of the molecule is CCc1ccc2c(c1)C(=C(C#N)C#N)c1cc(CC)ccc1-2. The lowest BCUT2D eigenvalue weighted by Crippen LogP contribution is -1.90. The topological polar surface area (TPSA) is 47.6 Å². The van der Waals surface area contributed by atoms with Gasteiger partial charge in [-0.2, -0.15) is 10.5 Å². The van der Waals surface area contributed by atoms with E-state index < -0.39 is 0 Å². The smallest absolute Gasteiger partial charge is 0.138 e. The summed E-state index contributed by atoms with van der Waals surface area (Å²) in [6.45, 7) is 4.22. The molecule has 0 unspecified atom stereocenters. The first-order chi connectivity index (χ1) is 10.7. The van der Waals surface area contributed by atoms with Crippen LogP contribution in [-0.4, -0.2) is 0 Å². The molecule has 0 saturated carbocycles. The molecular weight excluding hydrogens is 268 g/mol. The Morgan fingerprint density at radius 2 is 1.23 bits per heavy atom. The van der Waals surface area contributed by atoms with Gasteiger partial charge in [0.15, 0.2) is 0 Å². The predicted octanol–water partition coefficient (Wildman–Crippen LogP) is 4.64. The van der Waals surface area contributed by atoms with Gasteiger partial charge in [-0.25, -0.2) is 0 Å². The van der Waals surface area contributed by atoms with E-state index in [1.807, 2.05) is 0 Å². The summed E-state index contributed by atoms with van der Waals surface area (Å²) in [4.78, 5) is 0. The van der Waals surface area contributed by atoms with Crippen LogP contribution in [0.15, 0.2) is 42.0 Å². The molecule has 106 valence electrons. The van der Waals surface area contributed by atoms with Gasteiger partial charge in [0, 0.05) is 5.57 Å². The predicted molar refractivity (Wildman–Crippen MR) is 87.9 cm³/mol. The third-order valence-electron chi connectivity index (χ3n) is 4.29. The average molecular weight is 284 g/mol. The summed E-state index contributed by atoms with van der Waals surface area (Å²) in [6.07, 6.45) is 1.87. The van der Waals surface area contributed by atoms with Gasteiger partial charge >= 0.3 is 0 Å². The van der Waals surface area contributed by atoms with Crippen molar-refractivity contribution in [1.29, 1.82) is 10.5 Å². The summed E-state index contributed by atoms with van der Waals surface area (Å²) in [6, 6.07) is 16.8. The molecule has 0 saturated heterocycles. The van der Waals surface area contributed by atoms with Crippen LogP contribution in [0.1, 0.15) is 36.1 Å². The van der Waals surface area contributed by atoms with E-state index >= 15 is 0 Å². The second-order valence-corrected chi connectivity index (χ2v) is 5.44. The van der Waals surface area contributed by atoms with Crippen molar-refractivity contribution in [2.75, 3.05) is 0 Å². The first kappa shape index (κ1) is 14.1. The van der Waals surface area contributed by atoms with Crippen molar-refractivity contribution in [1.82, 2.24) is 0 Å². The Bertz CT molecular complexity index is 802. The zero-order valence-corrected chi connectivity index (χ0v) is 12.8. The highest BCUT2D eigenvalue weighted by Crippen LogP contribution is 2.46. The quantitative estimate of drug-likeness (QED) is 0.643. The summed E-state index contributed by atoms with van der Waals surface area (Å²) < 4.78 is 0. The number of benzene rings is 2. The second-order valence-electron chi connectivity index (χ2n) is 5.44. The van der Waals surface area contributed by atoms with Crippen molar-refractivity contribution in [3.63, 3.8) is 0 Å². The summed E-state index contributed by atoms with van der Waals surface area (Å²) in [7, 11) is 0. The average Bonchev–Trinajstić information content (AvgIpc) is 2.89. The maximum absolute atomic E-state index is 9.36. The van der Waals surface area contributed by atoms with Gasteiger partial charge in [0.25, 0.3) is 0 Å². The minimum Gasteiger partial charge on any atom is -0.192 e. The molecule has 2 aromatic carbocycles. The van der Waals surface area contributed by atoms with Crippen LogP contribution in [0.4, 0.5) is 0 Å². The van der Waals surface area contributed by atoms with E-state index in [1.54, 1.807) is 0 Å². The molecule has 0 heterocycles. The maximum Gasteiger partial charge on any atom is 0.138 e. The Morgan fingerprint density at radius 1 is 0.773 bits per heavy atom. The van der Waals surface area contributed by atoms with Gasteiger partial charge in [-0.05, 0) is 46.2 Å². The van der Waals surface area contributed by atoms with Crippen LogP contribution in [0.3, 0.4) is 0 Å². The molecular formula is C20H16N2. The van der Waals surface area contributed by atoms with Crippen LogP contribution in [0.2, 0.25) is 0 Å². The van der Waals surface area contributed by atoms with Crippen LogP contribution in [0.5, 0.6) is 0 Å². The van der Waals surface area contributed by atoms with Crippen LogP contribution in [0, 0.1) is 22.7 Å². The Hall–Kier alpha value is -2.84. The Morgan fingerprint density at radius 3 is 1.59 bits per heavy atom. The first-order valence-corrected chi connectivity index (χ1v) is 7.54. The molecule has 2 heteroatoms. The highest BCUT2D eigenvalue weighted by Gasteiger charge is 2.26. The number of rotatable bonds is 2. The third-order valence-corrected chi connectivity index (χ3v) is 4.29. The van der Waals surface area contributed by atoms with Crippen molar-refractivity contribution >= 4 is 5.57 Å². The van der Waals surface area contributed by atoms with Crippen LogP contribution in [-0.2, 0) is 12.8 Å². The molecule has 2 aromatic rings. The summed E-state index contributed by atoms with van der Waals surface area (Å²) in [5.74, 6) is 0. The van der Waals surface area contributed by atoms with E-state index in [2.05, 4.69) is 62.4 Å². The van der Waals surface area contributed by atoms with E-state index in [-0.39, 0.29) is 5.57 Å². The van der Waals surface area contributed by atoms with E-state index in [0.29, 0.717) is 0 Å². The van der Waals surface area contributed by atoms with E-state index in [4.69, 9.17) is 0 Å². The van der Waals surface area contributed by atoms with Crippen molar-refractivity contribution < 1.29 is 0 Å². The summed E-state index contributed by atoms with van der Waals surface area (Å²) in [5, 5.41) is 18.7. The number of nitriles is 2. The Balaban J connectivity index is 2.39. The Kier molecular flexibility index (Phi) is 3.53. The number of hydrogen-bond donors (Lipinski definition) is 0. The van der Waals surface area contributed by atoms with Crippen LogP contribution >= 0.6 is 0 Å². The molecule has 0 atom stereocenters. The molecule has 0 aliphatic heterocycles. The van der Waals surface area contributed by atoms with Gasteiger partial charge in [0.05, 0.1) is 0 Å². The number of nitrogens with zero attached hydrogens (tertiary/aromatic N) is 2. The van der Waals surface area contributed by atoms with Crippen LogP contribution < -0.4 is 0 Å². The molecule has 0 aromatic heterocycles. The molecule has 0 amide bonds. The van der Waals surface area contributed by atoms with Gasteiger partial charge in [-0.3, -0.25) is 0 Å². The highest BCUT2D eigenvalue weighted by molar-refractivity contribution is 6.04. The Labute approximate surface area is 130 Å². The molecule has 0 N–H and O–H groups in total. The normalized spacial score (nSPS) is 11.4.